The van der Waals surface area contributed by atoms with Crippen molar-refractivity contribution >= 4 is 17.4 Å². The summed E-state index contributed by atoms with van der Waals surface area (Å²) >= 11 is 5.90. The molecule has 0 unspecified atom stereocenters. The van der Waals surface area contributed by atoms with Crippen LogP contribution in [-0.2, 0) is 6.42 Å². The highest BCUT2D eigenvalue weighted by Crippen LogP contribution is 2.19. The first-order chi connectivity index (χ1) is 10.7. The molecule has 1 fully saturated rings. The monoisotopic (exact) mass is 312 g/mol. The Morgan fingerprint density at radius 3 is 2.23 bits per heavy atom. The number of benzene rings is 2. The van der Waals surface area contributed by atoms with E-state index < -0.39 is 0 Å². The Kier molecular flexibility index (Phi) is 4.45. The van der Waals surface area contributed by atoms with E-state index in [0.29, 0.717) is 17.0 Å². The second-order valence-corrected chi connectivity index (χ2v) is 5.64. The van der Waals surface area contributed by atoms with E-state index in [9.17, 15) is 4.79 Å². The number of allylic oxidation sites excluding steroid dienone is 1. The molecule has 2 N–H and O–H groups in total. The highest BCUT2D eigenvalue weighted by Gasteiger charge is 2.20. The predicted octanol–water partition coefficient (Wildman–Crippen LogP) is 3.17. The maximum absolute atomic E-state index is 12.9. The first-order valence-corrected chi connectivity index (χ1v) is 7.67. The lowest BCUT2D eigenvalue weighted by Crippen LogP contribution is -2.20. The van der Waals surface area contributed by atoms with E-state index in [1.807, 2.05) is 30.3 Å². The van der Waals surface area contributed by atoms with Gasteiger partial charge in [0.25, 0.3) is 0 Å². The van der Waals surface area contributed by atoms with Gasteiger partial charge < -0.3 is 10.6 Å². The molecule has 3 nitrogen and oxygen atoms in total. The van der Waals surface area contributed by atoms with Crippen LogP contribution in [0.15, 0.2) is 66.0 Å². The van der Waals surface area contributed by atoms with Crippen molar-refractivity contribution in [2.45, 2.75) is 6.42 Å². The molecule has 0 aliphatic carbocycles. The van der Waals surface area contributed by atoms with Gasteiger partial charge in [-0.3, -0.25) is 4.79 Å². The maximum Gasteiger partial charge on any atom is 0.192 e. The van der Waals surface area contributed by atoms with Gasteiger partial charge in [0.05, 0.1) is 0 Å². The van der Waals surface area contributed by atoms with E-state index in [4.69, 9.17) is 11.6 Å². The van der Waals surface area contributed by atoms with Gasteiger partial charge in [0, 0.05) is 35.7 Å². The summed E-state index contributed by atoms with van der Waals surface area (Å²) in [5.74, 6) is 0.862. The second kappa shape index (κ2) is 6.67. The van der Waals surface area contributed by atoms with Gasteiger partial charge in [-0.1, -0.05) is 41.9 Å². The molecule has 112 valence electrons. The molecular weight excluding hydrogens is 296 g/mol. The summed E-state index contributed by atoms with van der Waals surface area (Å²) in [5.41, 5.74) is 2.52. The quantitative estimate of drug-likeness (QED) is 0.673. The van der Waals surface area contributed by atoms with E-state index in [0.717, 1.165) is 30.0 Å². The zero-order chi connectivity index (χ0) is 15.4. The van der Waals surface area contributed by atoms with Crippen LogP contribution in [0.2, 0.25) is 5.02 Å². The number of carbonyl (C=O) groups excluding carboxylic acids is 1. The van der Waals surface area contributed by atoms with Crippen molar-refractivity contribution in [2.24, 2.45) is 0 Å². The van der Waals surface area contributed by atoms with Crippen LogP contribution in [0.3, 0.4) is 0 Å². The van der Waals surface area contributed by atoms with Gasteiger partial charge in [-0.2, -0.15) is 0 Å². The van der Waals surface area contributed by atoms with Crippen LogP contribution in [-0.4, -0.2) is 18.9 Å². The van der Waals surface area contributed by atoms with Gasteiger partial charge in [0.2, 0.25) is 0 Å². The average molecular weight is 313 g/mol. The molecule has 0 bridgehead atoms. The lowest BCUT2D eigenvalue weighted by atomic mass is 9.97. The van der Waals surface area contributed by atoms with Gasteiger partial charge in [-0.05, 0) is 29.8 Å². The smallest absolute Gasteiger partial charge is 0.192 e. The molecule has 0 radical (unpaired) electrons. The third-order valence-electron chi connectivity index (χ3n) is 3.63. The molecular formula is C18H17ClN2O. The van der Waals surface area contributed by atoms with Gasteiger partial charge in [0.15, 0.2) is 5.78 Å². The highest BCUT2D eigenvalue weighted by atomic mass is 35.5. The van der Waals surface area contributed by atoms with Crippen LogP contribution in [0.1, 0.15) is 15.9 Å². The molecule has 1 saturated heterocycles. The maximum atomic E-state index is 12.9. The van der Waals surface area contributed by atoms with Crippen molar-refractivity contribution in [3.8, 4) is 0 Å². The third-order valence-corrected chi connectivity index (χ3v) is 3.89. The largest absolute Gasteiger partial charge is 0.370 e. The predicted molar refractivity (Wildman–Crippen MR) is 89.0 cm³/mol. The van der Waals surface area contributed by atoms with Gasteiger partial charge in [-0.15, -0.1) is 0 Å². The molecule has 1 aliphatic heterocycles. The molecule has 22 heavy (non-hydrogen) atoms. The number of ketones is 1. The molecule has 0 atom stereocenters. The van der Waals surface area contributed by atoms with Crippen LogP contribution in [0.25, 0.3) is 0 Å². The Labute approximate surface area is 135 Å². The number of hydrogen-bond acceptors (Lipinski definition) is 3. The van der Waals surface area contributed by atoms with E-state index in [-0.39, 0.29) is 5.78 Å². The summed E-state index contributed by atoms with van der Waals surface area (Å²) < 4.78 is 0. The molecule has 1 aliphatic rings. The summed E-state index contributed by atoms with van der Waals surface area (Å²) in [6.45, 7) is 1.67. The van der Waals surface area contributed by atoms with Gasteiger partial charge in [-0.25, -0.2) is 0 Å². The van der Waals surface area contributed by atoms with Crippen LogP contribution < -0.4 is 10.6 Å². The Morgan fingerprint density at radius 2 is 1.59 bits per heavy atom. The Hall–Kier alpha value is -2.26. The molecule has 0 aromatic heterocycles. The average Bonchev–Trinajstić information content (AvgIpc) is 3.08. The molecule has 0 saturated carbocycles. The minimum atomic E-state index is 0.0254. The zero-order valence-electron chi connectivity index (χ0n) is 12.1. The fraction of sp³-hybridized carbons (Fsp3) is 0.167. The van der Waals surface area contributed by atoms with Crippen LogP contribution in [0, 0.1) is 0 Å². The standard InChI is InChI=1S/C18H17ClN2O/c19-15-8-6-14(7-9-15)17(22)16(18-20-10-11-21-18)12-13-4-2-1-3-5-13/h1-9,20-21H,10-12H2. The Bertz CT molecular complexity index is 685. The number of rotatable bonds is 4. The van der Waals surface area contributed by atoms with E-state index in [2.05, 4.69) is 10.6 Å². The van der Waals surface area contributed by atoms with E-state index in [1.54, 1.807) is 24.3 Å². The second-order valence-electron chi connectivity index (χ2n) is 5.21. The van der Waals surface area contributed by atoms with Crippen molar-refractivity contribution in [1.82, 2.24) is 10.6 Å². The molecule has 2 aromatic carbocycles. The SMILES string of the molecule is O=C(C(Cc1ccccc1)=C1NCCN1)c1ccc(Cl)cc1. The van der Waals surface area contributed by atoms with Crippen LogP contribution in [0.5, 0.6) is 0 Å². The summed E-state index contributed by atoms with van der Waals surface area (Å²) in [7, 11) is 0. The molecule has 2 aromatic rings. The van der Waals surface area contributed by atoms with Crippen LogP contribution in [0.4, 0.5) is 0 Å². The van der Waals surface area contributed by atoms with Crippen molar-refractivity contribution in [1.29, 1.82) is 0 Å². The summed E-state index contributed by atoms with van der Waals surface area (Å²) in [5, 5.41) is 7.15. The fourth-order valence-corrected chi connectivity index (χ4v) is 2.63. The van der Waals surface area contributed by atoms with Crippen molar-refractivity contribution in [3.05, 3.63) is 82.1 Å². The summed E-state index contributed by atoms with van der Waals surface area (Å²) in [6, 6.07) is 17.0. The minimum Gasteiger partial charge on any atom is -0.370 e. The first kappa shape index (κ1) is 14.7. The third kappa shape index (κ3) is 3.31. The molecule has 1 heterocycles. The van der Waals surface area contributed by atoms with Crippen LogP contribution >= 0.6 is 11.6 Å². The molecule has 0 amide bonds. The van der Waals surface area contributed by atoms with Gasteiger partial charge in [0.1, 0.15) is 5.82 Å². The zero-order valence-corrected chi connectivity index (χ0v) is 12.9. The Balaban J connectivity index is 1.93. The number of Topliss-reactive ketones (excluding diaryl/α,β-unsaturated/α-hetero) is 1. The minimum absolute atomic E-state index is 0.0254. The lowest BCUT2D eigenvalue weighted by Gasteiger charge is -2.12. The lowest BCUT2D eigenvalue weighted by molar-refractivity contribution is 0.103. The molecule has 0 spiro atoms. The molecule has 4 heteroatoms. The number of halogens is 1. The fourth-order valence-electron chi connectivity index (χ4n) is 2.51. The van der Waals surface area contributed by atoms with Gasteiger partial charge >= 0.3 is 0 Å². The van der Waals surface area contributed by atoms with Crippen molar-refractivity contribution in [3.63, 3.8) is 0 Å². The van der Waals surface area contributed by atoms with E-state index >= 15 is 0 Å². The Morgan fingerprint density at radius 1 is 0.955 bits per heavy atom. The van der Waals surface area contributed by atoms with Crippen molar-refractivity contribution < 1.29 is 4.79 Å². The number of hydrogen-bond donors (Lipinski definition) is 2. The summed E-state index contributed by atoms with van der Waals surface area (Å²) in [6.07, 6.45) is 0.595. The molecule has 3 rings (SSSR count). The topological polar surface area (TPSA) is 41.1 Å². The normalized spacial score (nSPS) is 13.4. The highest BCUT2D eigenvalue weighted by molar-refractivity contribution is 6.30. The first-order valence-electron chi connectivity index (χ1n) is 7.29. The number of carbonyl (C=O) groups is 1. The van der Waals surface area contributed by atoms with Crippen molar-refractivity contribution in [2.75, 3.05) is 13.1 Å². The van der Waals surface area contributed by atoms with E-state index in [1.165, 1.54) is 0 Å². The summed E-state index contributed by atoms with van der Waals surface area (Å²) in [4.78, 5) is 12.9. The number of nitrogens with one attached hydrogen (secondary N) is 2.